The lowest BCUT2D eigenvalue weighted by Crippen LogP contribution is -2.36. The van der Waals surface area contributed by atoms with Crippen LogP contribution in [0.5, 0.6) is 5.75 Å². The number of nitrogens with zero attached hydrogens (tertiary/aromatic N) is 1. The van der Waals surface area contributed by atoms with Crippen LogP contribution in [-0.4, -0.2) is 42.1 Å². The molecule has 0 aliphatic carbocycles. The van der Waals surface area contributed by atoms with Gasteiger partial charge in [-0.2, -0.15) is 0 Å². The average Bonchev–Trinajstić information content (AvgIpc) is 2.82. The summed E-state index contributed by atoms with van der Waals surface area (Å²) in [5, 5.41) is 9.32. The van der Waals surface area contributed by atoms with Gasteiger partial charge in [-0.25, -0.2) is 4.79 Å². The number of methoxy groups -OCH3 is 1. The van der Waals surface area contributed by atoms with Crippen LogP contribution in [0.1, 0.15) is 18.0 Å². The molecule has 3 N–H and O–H groups in total. The van der Waals surface area contributed by atoms with Crippen LogP contribution < -0.4 is 5.73 Å². The van der Waals surface area contributed by atoms with E-state index in [4.69, 9.17) is 10.5 Å². The Kier molecular flexibility index (Phi) is 4.24. The normalized spacial score (nSPS) is 20.0. The van der Waals surface area contributed by atoms with Gasteiger partial charge in [0, 0.05) is 13.0 Å². The van der Waals surface area contributed by atoms with E-state index in [-0.39, 0.29) is 17.6 Å². The van der Waals surface area contributed by atoms with Gasteiger partial charge in [-0.05, 0) is 30.2 Å². The van der Waals surface area contributed by atoms with E-state index in [1.165, 1.54) is 24.1 Å². The molecule has 1 heterocycles. The molecule has 1 saturated heterocycles. The number of esters is 1. The van der Waals surface area contributed by atoms with Crippen LogP contribution in [0, 0.1) is 5.92 Å². The SMILES string of the molecule is COC(=O)[C@@H](c1ccc(O)cc1)N1CC(CN)CC1=O. The van der Waals surface area contributed by atoms with Crippen molar-refractivity contribution in [1.82, 2.24) is 4.90 Å². The number of phenols is 1. The van der Waals surface area contributed by atoms with Gasteiger partial charge < -0.3 is 20.5 Å². The highest BCUT2D eigenvalue weighted by atomic mass is 16.5. The molecule has 0 aromatic heterocycles. The largest absolute Gasteiger partial charge is 0.508 e. The molecular weight excluding hydrogens is 260 g/mol. The third kappa shape index (κ3) is 2.75. The molecule has 1 fully saturated rings. The Hall–Kier alpha value is -2.08. The number of hydrogen-bond acceptors (Lipinski definition) is 5. The summed E-state index contributed by atoms with van der Waals surface area (Å²) in [6.07, 6.45) is 0.349. The Labute approximate surface area is 117 Å². The van der Waals surface area contributed by atoms with Gasteiger partial charge >= 0.3 is 5.97 Å². The lowest BCUT2D eigenvalue weighted by Gasteiger charge is -2.26. The molecule has 1 aromatic carbocycles. The molecule has 6 heteroatoms. The molecular formula is C14H18N2O4. The monoisotopic (exact) mass is 278 g/mol. The summed E-state index contributed by atoms with van der Waals surface area (Å²) in [4.78, 5) is 25.6. The summed E-state index contributed by atoms with van der Waals surface area (Å²) < 4.78 is 4.80. The van der Waals surface area contributed by atoms with Gasteiger partial charge in [0.2, 0.25) is 5.91 Å². The maximum atomic E-state index is 12.1. The first-order valence-electron chi connectivity index (χ1n) is 6.43. The van der Waals surface area contributed by atoms with Crippen molar-refractivity contribution in [3.05, 3.63) is 29.8 Å². The highest BCUT2D eigenvalue weighted by Crippen LogP contribution is 2.30. The number of carbonyl (C=O) groups excluding carboxylic acids is 2. The molecule has 1 amide bonds. The molecule has 1 aliphatic rings. The predicted octanol–water partition coefficient (Wildman–Crippen LogP) is 0.414. The molecule has 2 atom stereocenters. The van der Waals surface area contributed by atoms with Crippen molar-refractivity contribution < 1.29 is 19.4 Å². The van der Waals surface area contributed by atoms with Crippen LogP contribution in [0.4, 0.5) is 0 Å². The van der Waals surface area contributed by atoms with Gasteiger partial charge in [0.05, 0.1) is 7.11 Å². The highest BCUT2D eigenvalue weighted by Gasteiger charge is 2.38. The van der Waals surface area contributed by atoms with Crippen LogP contribution in [0.3, 0.4) is 0 Å². The lowest BCUT2D eigenvalue weighted by atomic mass is 10.1. The first-order chi connectivity index (χ1) is 9.56. The number of hydrogen-bond donors (Lipinski definition) is 2. The number of amides is 1. The standard InChI is InChI=1S/C14H18N2O4/c1-20-14(19)13(10-2-4-11(17)5-3-10)16-8-9(7-15)6-12(16)18/h2-5,9,13,17H,6-8,15H2,1H3/t9?,13-/m1/s1. The van der Waals surface area contributed by atoms with E-state index >= 15 is 0 Å². The van der Waals surface area contributed by atoms with Crippen LogP contribution in [0.15, 0.2) is 24.3 Å². The van der Waals surface area contributed by atoms with Crippen molar-refractivity contribution in [2.24, 2.45) is 11.7 Å². The van der Waals surface area contributed by atoms with Crippen molar-refractivity contribution >= 4 is 11.9 Å². The van der Waals surface area contributed by atoms with Gasteiger partial charge in [0.1, 0.15) is 5.75 Å². The van der Waals surface area contributed by atoms with E-state index in [0.29, 0.717) is 25.1 Å². The third-order valence-corrected chi connectivity index (χ3v) is 3.52. The molecule has 108 valence electrons. The minimum atomic E-state index is -0.787. The number of likely N-dealkylation sites (tertiary alicyclic amines) is 1. The Morgan fingerprint density at radius 1 is 1.50 bits per heavy atom. The minimum Gasteiger partial charge on any atom is -0.508 e. The fourth-order valence-electron chi connectivity index (χ4n) is 2.43. The third-order valence-electron chi connectivity index (χ3n) is 3.52. The van der Waals surface area contributed by atoms with Gasteiger partial charge in [-0.3, -0.25) is 4.79 Å². The Bertz CT molecular complexity index is 500. The van der Waals surface area contributed by atoms with Crippen molar-refractivity contribution in [2.45, 2.75) is 12.5 Å². The fourth-order valence-corrected chi connectivity index (χ4v) is 2.43. The van der Waals surface area contributed by atoms with Crippen LogP contribution in [0.2, 0.25) is 0 Å². The second-order valence-electron chi connectivity index (χ2n) is 4.87. The van der Waals surface area contributed by atoms with E-state index in [1.807, 2.05) is 0 Å². The molecule has 0 radical (unpaired) electrons. The molecule has 1 aromatic rings. The number of rotatable bonds is 4. The number of carbonyl (C=O) groups is 2. The summed E-state index contributed by atoms with van der Waals surface area (Å²) in [6, 6.07) is 5.39. The van der Waals surface area contributed by atoms with Crippen LogP contribution >= 0.6 is 0 Å². The number of ether oxygens (including phenoxy) is 1. The Morgan fingerprint density at radius 2 is 2.15 bits per heavy atom. The molecule has 1 aliphatic heterocycles. The number of phenolic OH excluding ortho intramolecular Hbond substituents is 1. The van der Waals surface area contributed by atoms with E-state index in [0.717, 1.165) is 0 Å². The number of benzene rings is 1. The number of aromatic hydroxyl groups is 1. The number of nitrogens with two attached hydrogens (primary N) is 1. The van der Waals surface area contributed by atoms with E-state index in [1.54, 1.807) is 12.1 Å². The van der Waals surface area contributed by atoms with Gasteiger partial charge in [-0.1, -0.05) is 12.1 Å². The van der Waals surface area contributed by atoms with Crippen molar-refractivity contribution in [3.8, 4) is 5.75 Å². The maximum absolute atomic E-state index is 12.1. The zero-order valence-corrected chi connectivity index (χ0v) is 11.3. The molecule has 2 rings (SSSR count). The summed E-state index contributed by atoms with van der Waals surface area (Å²) in [6.45, 7) is 0.849. The Balaban J connectivity index is 2.31. The molecule has 20 heavy (non-hydrogen) atoms. The molecule has 6 nitrogen and oxygen atoms in total. The van der Waals surface area contributed by atoms with Gasteiger partial charge in [0.15, 0.2) is 6.04 Å². The summed E-state index contributed by atoms with van der Waals surface area (Å²) >= 11 is 0. The minimum absolute atomic E-state index is 0.0618. The van der Waals surface area contributed by atoms with E-state index in [2.05, 4.69) is 0 Å². The smallest absolute Gasteiger partial charge is 0.333 e. The average molecular weight is 278 g/mol. The topological polar surface area (TPSA) is 92.9 Å². The second-order valence-corrected chi connectivity index (χ2v) is 4.87. The lowest BCUT2D eigenvalue weighted by molar-refractivity contribution is -0.151. The summed E-state index contributed by atoms with van der Waals surface area (Å²) in [7, 11) is 1.29. The molecule has 0 bridgehead atoms. The highest BCUT2D eigenvalue weighted by molar-refractivity contribution is 5.87. The molecule has 0 spiro atoms. The van der Waals surface area contributed by atoms with Crippen molar-refractivity contribution in [2.75, 3.05) is 20.2 Å². The second kappa shape index (κ2) is 5.92. The quantitative estimate of drug-likeness (QED) is 0.778. The first-order valence-corrected chi connectivity index (χ1v) is 6.43. The zero-order chi connectivity index (χ0) is 14.7. The van der Waals surface area contributed by atoms with Gasteiger partial charge in [0.25, 0.3) is 0 Å². The summed E-state index contributed by atoms with van der Waals surface area (Å²) in [5.74, 6) is -0.442. The van der Waals surface area contributed by atoms with Crippen LogP contribution in [0.25, 0.3) is 0 Å². The van der Waals surface area contributed by atoms with Crippen molar-refractivity contribution in [3.63, 3.8) is 0 Å². The van der Waals surface area contributed by atoms with Crippen molar-refractivity contribution in [1.29, 1.82) is 0 Å². The first kappa shape index (κ1) is 14.3. The summed E-state index contributed by atoms with van der Waals surface area (Å²) in [5.41, 5.74) is 6.21. The van der Waals surface area contributed by atoms with Gasteiger partial charge in [-0.15, -0.1) is 0 Å². The molecule has 0 saturated carbocycles. The maximum Gasteiger partial charge on any atom is 0.333 e. The van der Waals surface area contributed by atoms with E-state index < -0.39 is 12.0 Å². The van der Waals surface area contributed by atoms with E-state index in [9.17, 15) is 14.7 Å². The fraction of sp³-hybridized carbons (Fsp3) is 0.429. The zero-order valence-electron chi connectivity index (χ0n) is 11.3. The predicted molar refractivity (Wildman–Crippen MR) is 71.7 cm³/mol. The van der Waals surface area contributed by atoms with Crippen LogP contribution in [-0.2, 0) is 14.3 Å². The molecule has 1 unspecified atom stereocenters. The Morgan fingerprint density at radius 3 is 2.65 bits per heavy atom.